The molecule has 142 valence electrons. The number of Topliss-reactive ketones (excluding diaryl/α,β-unsaturated/α-hetero) is 1. The monoisotopic (exact) mass is 364 g/mol. The van der Waals surface area contributed by atoms with Crippen LogP contribution in [0, 0.1) is 20.8 Å². The first-order chi connectivity index (χ1) is 13.0. The van der Waals surface area contributed by atoms with E-state index in [2.05, 4.69) is 36.9 Å². The van der Waals surface area contributed by atoms with Crippen LogP contribution in [0.25, 0.3) is 0 Å². The fraction of sp³-hybridized carbons (Fsp3) is 0.391. The minimum atomic E-state index is 0.0392. The van der Waals surface area contributed by atoms with Crippen molar-refractivity contribution >= 4 is 17.4 Å². The van der Waals surface area contributed by atoms with Crippen LogP contribution in [-0.4, -0.2) is 42.8 Å². The first kappa shape index (κ1) is 19.2. The Morgan fingerprint density at radius 3 is 2.19 bits per heavy atom. The van der Waals surface area contributed by atoms with Gasteiger partial charge in [0.2, 0.25) is 5.91 Å². The molecule has 27 heavy (non-hydrogen) atoms. The lowest BCUT2D eigenvalue weighted by Gasteiger charge is -2.37. The molecule has 1 aliphatic heterocycles. The summed E-state index contributed by atoms with van der Waals surface area (Å²) in [6, 6.07) is 13.9. The predicted molar refractivity (Wildman–Crippen MR) is 109 cm³/mol. The van der Waals surface area contributed by atoms with Gasteiger partial charge in [0.15, 0.2) is 5.78 Å². The van der Waals surface area contributed by atoms with Gasteiger partial charge in [-0.15, -0.1) is 0 Å². The van der Waals surface area contributed by atoms with Gasteiger partial charge in [-0.1, -0.05) is 42.0 Å². The van der Waals surface area contributed by atoms with Crippen molar-refractivity contribution in [3.63, 3.8) is 0 Å². The molecular weight excluding hydrogens is 336 g/mol. The van der Waals surface area contributed by atoms with Crippen LogP contribution in [0.5, 0.6) is 0 Å². The molecule has 1 aliphatic rings. The minimum Gasteiger partial charge on any atom is -0.368 e. The van der Waals surface area contributed by atoms with Crippen molar-refractivity contribution in [2.24, 2.45) is 0 Å². The number of rotatable bonds is 5. The maximum atomic E-state index is 12.5. The predicted octanol–water partition coefficient (Wildman–Crippen LogP) is 3.92. The topological polar surface area (TPSA) is 40.6 Å². The molecule has 1 saturated heterocycles. The zero-order chi connectivity index (χ0) is 19.4. The number of carbonyl (C=O) groups is 2. The third-order valence-electron chi connectivity index (χ3n) is 5.49. The van der Waals surface area contributed by atoms with Gasteiger partial charge in [0.05, 0.1) is 0 Å². The Morgan fingerprint density at radius 1 is 0.852 bits per heavy atom. The molecule has 0 radical (unpaired) electrons. The van der Waals surface area contributed by atoms with E-state index in [9.17, 15) is 9.59 Å². The summed E-state index contributed by atoms with van der Waals surface area (Å²) in [4.78, 5) is 29.0. The molecule has 4 heteroatoms. The number of hydrogen-bond donors (Lipinski definition) is 0. The van der Waals surface area contributed by atoms with E-state index in [-0.39, 0.29) is 24.5 Å². The second-order valence-electron chi connectivity index (χ2n) is 7.38. The quantitative estimate of drug-likeness (QED) is 0.755. The number of anilines is 1. The highest BCUT2D eigenvalue weighted by Crippen LogP contribution is 2.24. The lowest BCUT2D eigenvalue weighted by Crippen LogP contribution is -2.49. The summed E-state index contributed by atoms with van der Waals surface area (Å²) < 4.78 is 0. The van der Waals surface area contributed by atoms with Gasteiger partial charge in [-0.25, -0.2) is 0 Å². The van der Waals surface area contributed by atoms with Crippen LogP contribution in [0.2, 0.25) is 0 Å². The number of amides is 1. The molecule has 0 bridgehead atoms. The average molecular weight is 364 g/mol. The largest absolute Gasteiger partial charge is 0.368 e. The summed E-state index contributed by atoms with van der Waals surface area (Å²) in [5.74, 6) is 0.119. The van der Waals surface area contributed by atoms with Crippen molar-refractivity contribution in [2.75, 3.05) is 31.1 Å². The molecule has 0 unspecified atom stereocenters. The fourth-order valence-electron chi connectivity index (χ4n) is 3.54. The van der Waals surface area contributed by atoms with Crippen molar-refractivity contribution < 1.29 is 9.59 Å². The normalized spacial score (nSPS) is 14.3. The summed E-state index contributed by atoms with van der Waals surface area (Å²) >= 11 is 0. The molecule has 0 aliphatic carbocycles. The van der Waals surface area contributed by atoms with Crippen molar-refractivity contribution in [2.45, 2.75) is 33.6 Å². The number of piperazine rings is 1. The molecule has 3 rings (SSSR count). The lowest BCUT2D eigenvalue weighted by atomic mass is 10.0. The Labute approximate surface area is 161 Å². The SMILES string of the molecule is Cc1ccc(C(=O)CCC(=O)N2CCN(c3cccc(C)c3C)CC2)cc1. The van der Waals surface area contributed by atoms with Gasteiger partial charge in [-0.05, 0) is 38.0 Å². The van der Waals surface area contributed by atoms with Gasteiger partial charge in [-0.3, -0.25) is 9.59 Å². The first-order valence-electron chi connectivity index (χ1n) is 9.64. The molecule has 0 saturated carbocycles. The second-order valence-corrected chi connectivity index (χ2v) is 7.38. The van der Waals surface area contributed by atoms with Crippen LogP contribution >= 0.6 is 0 Å². The zero-order valence-corrected chi connectivity index (χ0v) is 16.5. The molecule has 0 aromatic heterocycles. The number of benzene rings is 2. The molecule has 1 heterocycles. The molecule has 1 amide bonds. The highest BCUT2D eigenvalue weighted by atomic mass is 16.2. The van der Waals surface area contributed by atoms with Gasteiger partial charge < -0.3 is 9.80 Å². The smallest absolute Gasteiger partial charge is 0.223 e. The first-order valence-corrected chi connectivity index (χ1v) is 9.64. The second kappa shape index (κ2) is 8.38. The van der Waals surface area contributed by atoms with Crippen molar-refractivity contribution in [1.29, 1.82) is 0 Å². The van der Waals surface area contributed by atoms with Crippen LogP contribution in [0.1, 0.15) is 39.9 Å². The Kier molecular flexibility index (Phi) is 5.94. The number of hydrogen-bond acceptors (Lipinski definition) is 3. The summed E-state index contributed by atoms with van der Waals surface area (Å²) in [6.45, 7) is 9.37. The van der Waals surface area contributed by atoms with E-state index in [0.29, 0.717) is 18.7 Å². The molecule has 2 aromatic rings. The molecule has 1 fully saturated rings. The van der Waals surface area contributed by atoms with E-state index in [1.165, 1.54) is 16.8 Å². The van der Waals surface area contributed by atoms with Crippen LogP contribution in [0.4, 0.5) is 5.69 Å². The van der Waals surface area contributed by atoms with Crippen molar-refractivity contribution in [1.82, 2.24) is 4.90 Å². The van der Waals surface area contributed by atoms with E-state index in [1.807, 2.05) is 36.1 Å². The van der Waals surface area contributed by atoms with E-state index >= 15 is 0 Å². The Hall–Kier alpha value is -2.62. The Balaban J connectivity index is 1.50. The van der Waals surface area contributed by atoms with Gasteiger partial charge in [0.1, 0.15) is 0 Å². The van der Waals surface area contributed by atoms with Crippen molar-refractivity contribution in [3.05, 3.63) is 64.7 Å². The Bertz CT molecular complexity index is 819. The highest BCUT2D eigenvalue weighted by molar-refractivity contribution is 5.98. The number of nitrogens with zero attached hydrogens (tertiary/aromatic N) is 2. The maximum absolute atomic E-state index is 12.5. The van der Waals surface area contributed by atoms with Crippen molar-refractivity contribution in [3.8, 4) is 0 Å². The molecular formula is C23H28N2O2. The zero-order valence-electron chi connectivity index (χ0n) is 16.5. The third kappa shape index (κ3) is 4.57. The minimum absolute atomic E-state index is 0.0392. The van der Waals surface area contributed by atoms with Crippen LogP contribution in [-0.2, 0) is 4.79 Å². The highest BCUT2D eigenvalue weighted by Gasteiger charge is 2.22. The Morgan fingerprint density at radius 2 is 1.52 bits per heavy atom. The van der Waals surface area contributed by atoms with Gasteiger partial charge in [0, 0.05) is 50.3 Å². The maximum Gasteiger partial charge on any atom is 0.223 e. The van der Waals surface area contributed by atoms with Crippen LogP contribution in [0.3, 0.4) is 0 Å². The van der Waals surface area contributed by atoms with Crippen LogP contribution < -0.4 is 4.90 Å². The molecule has 2 aromatic carbocycles. The molecule has 0 atom stereocenters. The fourth-order valence-corrected chi connectivity index (χ4v) is 3.54. The molecule has 0 spiro atoms. The van der Waals surface area contributed by atoms with Gasteiger partial charge >= 0.3 is 0 Å². The standard InChI is InChI=1S/C23H28N2O2/c1-17-7-9-20(10-8-17)22(26)11-12-23(27)25-15-13-24(14-16-25)21-6-4-5-18(2)19(21)3/h4-10H,11-16H2,1-3H3. The van der Waals surface area contributed by atoms with Gasteiger partial charge in [0.25, 0.3) is 0 Å². The summed E-state index contributed by atoms with van der Waals surface area (Å²) in [6.07, 6.45) is 0.565. The van der Waals surface area contributed by atoms with E-state index in [4.69, 9.17) is 0 Å². The summed E-state index contributed by atoms with van der Waals surface area (Å²) in [5.41, 5.74) is 5.68. The van der Waals surface area contributed by atoms with Gasteiger partial charge in [-0.2, -0.15) is 0 Å². The number of aryl methyl sites for hydroxylation is 2. The average Bonchev–Trinajstić information content (AvgIpc) is 2.68. The van der Waals surface area contributed by atoms with E-state index in [1.54, 1.807) is 0 Å². The summed E-state index contributed by atoms with van der Waals surface area (Å²) in [7, 11) is 0. The lowest BCUT2D eigenvalue weighted by molar-refractivity contribution is -0.131. The summed E-state index contributed by atoms with van der Waals surface area (Å²) in [5, 5.41) is 0. The third-order valence-corrected chi connectivity index (χ3v) is 5.49. The van der Waals surface area contributed by atoms with E-state index in [0.717, 1.165) is 18.7 Å². The molecule has 0 N–H and O–H groups in total. The molecule has 4 nitrogen and oxygen atoms in total. The van der Waals surface area contributed by atoms with Crippen LogP contribution in [0.15, 0.2) is 42.5 Å². The van der Waals surface area contributed by atoms with E-state index < -0.39 is 0 Å². The number of carbonyl (C=O) groups excluding carboxylic acids is 2. The number of ketones is 1.